The first kappa shape index (κ1) is 10.9. The summed E-state index contributed by atoms with van der Waals surface area (Å²) in [6.45, 7) is 0. The smallest absolute Gasteiger partial charge is 0.253 e. The van der Waals surface area contributed by atoms with E-state index in [0.29, 0.717) is 22.7 Å². The number of anilines is 1. The van der Waals surface area contributed by atoms with Gasteiger partial charge in [0, 0.05) is 17.8 Å². The highest BCUT2D eigenvalue weighted by Crippen LogP contribution is 2.28. The summed E-state index contributed by atoms with van der Waals surface area (Å²) in [7, 11) is 0. The third-order valence-electron chi connectivity index (χ3n) is 3.07. The molecule has 0 aromatic heterocycles. The van der Waals surface area contributed by atoms with Crippen LogP contribution in [0.4, 0.5) is 5.69 Å². The number of nitrogens with one attached hydrogen (secondary N) is 2. The second-order valence-electron chi connectivity index (χ2n) is 4.86. The SMILES string of the molecule is O=C(NC1CC1)c1ccc(NC2CC2)cc1Cl. The lowest BCUT2D eigenvalue weighted by Gasteiger charge is -2.09. The fourth-order valence-electron chi connectivity index (χ4n) is 1.74. The molecule has 2 N–H and O–H groups in total. The molecule has 0 bridgehead atoms. The van der Waals surface area contributed by atoms with Gasteiger partial charge in [-0.1, -0.05) is 11.6 Å². The number of benzene rings is 1. The summed E-state index contributed by atoms with van der Waals surface area (Å²) in [6, 6.07) is 6.51. The zero-order valence-electron chi connectivity index (χ0n) is 9.50. The zero-order valence-corrected chi connectivity index (χ0v) is 10.3. The van der Waals surface area contributed by atoms with E-state index in [4.69, 9.17) is 11.6 Å². The Balaban J connectivity index is 1.72. The van der Waals surface area contributed by atoms with E-state index < -0.39 is 0 Å². The van der Waals surface area contributed by atoms with Crippen LogP contribution in [0.3, 0.4) is 0 Å². The second kappa shape index (κ2) is 4.22. The fourth-order valence-corrected chi connectivity index (χ4v) is 2.01. The van der Waals surface area contributed by atoms with Crippen molar-refractivity contribution >= 4 is 23.2 Å². The van der Waals surface area contributed by atoms with Crippen molar-refractivity contribution in [1.29, 1.82) is 0 Å². The van der Waals surface area contributed by atoms with Crippen LogP contribution in [-0.2, 0) is 0 Å². The van der Waals surface area contributed by atoms with Crippen LogP contribution in [0.25, 0.3) is 0 Å². The Morgan fingerprint density at radius 2 is 1.88 bits per heavy atom. The lowest BCUT2D eigenvalue weighted by Crippen LogP contribution is -2.25. The number of hydrogen-bond donors (Lipinski definition) is 2. The Morgan fingerprint density at radius 1 is 1.18 bits per heavy atom. The van der Waals surface area contributed by atoms with E-state index in [9.17, 15) is 4.79 Å². The molecule has 1 amide bonds. The predicted molar refractivity (Wildman–Crippen MR) is 68.6 cm³/mol. The Hall–Kier alpha value is -1.22. The molecule has 2 aliphatic rings. The maximum absolute atomic E-state index is 11.8. The maximum atomic E-state index is 11.8. The quantitative estimate of drug-likeness (QED) is 0.863. The van der Waals surface area contributed by atoms with Gasteiger partial charge in [0.2, 0.25) is 0 Å². The van der Waals surface area contributed by atoms with Crippen LogP contribution in [-0.4, -0.2) is 18.0 Å². The van der Waals surface area contributed by atoms with Crippen molar-refractivity contribution in [2.75, 3.05) is 5.32 Å². The minimum Gasteiger partial charge on any atom is -0.382 e. The van der Waals surface area contributed by atoms with Crippen LogP contribution in [0, 0.1) is 0 Å². The van der Waals surface area contributed by atoms with Crippen molar-refractivity contribution in [2.24, 2.45) is 0 Å². The van der Waals surface area contributed by atoms with Crippen LogP contribution >= 0.6 is 11.6 Å². The lowest BCUT2D eigenvalue weighted by atomic mass is 10.2. The average molecular weight is 251 g/mol. The van der Waals surface area contributed by atoms with E-state index in [-0.39, 0.29) is 5.91 Å². The highest BCUT2D eigenvalue weighted by Gasteiger charge is 2.25. The Morgan fingerprint density at radius 3 is 2.47 bits per heavy atom. The molecule has 2 aliphatic carbocycles. The minimum atomic E-state index is -0.0597. The van der Waals surface area contributed by atoms with Crippen LogP contribution in [0.5, 0.6) is 0 Å². The van der Waals surface area contributed by atoms with Gasteiger partial charge >= 0.3 is 0 Å². The topological polar surface area (TPSA) is 41.1 Å². The third-order valence-corrected chi connectivity index (χ3v) is 3.39. The van der Waals surface area contributed by atoms with Crippen LogP contribution in [0.2, 0.25) is 5.02 Å². The monoisotopic (exact) mass is 250 g/mol. The standard InChI is InChI=1S/C13H15ClN2O/c14-12-7-10(15-8-1-2-8)5-6-11(12)13(17)16-9-3-4-9/h5-9,15H,1-4H2,(H,16,17). The van der Waals surface area contributed by atoms with Crippen LogP contribution < -0.4 is 10.6 Å². The normalized spacial score (nSPS) is 18.9. The molecule has 0 saturated heterocycles. The minimum absolute atomic E-state index is 0.0597. The van der Waals surface area contributed by atoms with Gasteiger partial charge in [-0.05, 0) is 43.9 Å². The average Bonchev–Trinajstić information content (AvgIpc) is 3.13. The van der Waals surface area contributed by atoms with Gasteiger partial charge in [-0.3, -0.25) is 4.79 Å². The molecule has 17 heavy (non-hydrogen) atoms. The van der Waals surface area contributed by atoms with Gasteiger partial charge in [-0.2, -0.15) is 0 Å². The molecule has 3 nitrogen and oxygen atoms in total. The highest BCUT2D eigenvalue weighted by atomic mass is 35.5. The molecule has 0 spiro atoms. The van der Waals surface area contributed by atoms with Gasteiger partial charge in [0.25, 0.3) is 5.91 Å². The maximum Gasteiger partial charge on any atom is 0.253 e. The first-order valence-corrected chi connectivity index (χ1v) is 6.47. The number of carbonyl (C=O) groups excluding carboxylic acids is 1. The van der Waals surface area contributed by atoms with E-state index in [1.807, 2.05) is 12.1 Å². The molecule has 1 aromatic carbocycles. The van der Waals surface area contributed by atoms with E-state index in [0.717, 1.165) is 18.5 Å². The van der Waals surface area contributed by atoms with Crippen molar-refractivity contribution in [3.05, 3.63) is 28.8 Å². The van der Waals surface area contributed by atoms with Gasteiger partial charge in [0.1, 0.15) is 0 Å². The summed E-state index contributed by atoms with van der Waals surface area (Å²) in [5.74, 6) is -0.0597. The molecule has 2 fully saturated rings. The Bertz CT molecular complexity index is 453. The predicted octanol–water partition coefficient (Wildman–Crippen LogP) is 2.81. The summed E-state index contributed by atoms with van der Waals surface area (Å²) < 4.78 is 0. The molecule has 2 saturated carbocycles. The number of carbonyl (C=O) groups is 1. The molecular weight excluding hydrogens is 236 g/mol. The van der Waals surface area contributed by atoms with Gasteiger partial charge in [0.15, 0.2) is 0 Å². The second-order valence-corrected chi connectivity index (χ2v) is 5.27. The van der Waals surface area contributed by atoms with Gasteiger partial charge in [-0.25, -0.2) is 0 Å². The summed E-state index contributed by atoms with van der Waals surface area (Å²) in [5.41, 5.74) is 1.57. The fraction of sp³-hybridized carbons (Fsp3) is 0.462. The van der Waals surface area contributed by atoms with E-state index in [2.05, 4.69) is 10.6 Å². The molecule has 90 valence electrons. The lowest BCUT2D eigenvalue weighted by molar-refractivity contribution is 0.0951. The van der Waals surface area contributed by atoms with Gasteiger partial charge in [-0.15, -0.1) is 0 Å². The largest absolute Gasteiger partial charge is 0.382 e. The molecule has 0 radical (unpaired) electrons. The molecule has 0 unspecified atom stereocenters. The number of hydrogen-bond acceptors (Lipinski definition) is 2. The van der Waals surface area contributed by atoms with Crippen LogP contribution in [0.15, 0.2) is 18.2 Å². The van der Waals surface area contributed by atoms with Crippen molar-refractivity contribution in [3.8, 4) is 0 Å². The van der Waals surface area contributed by atoms with Crippen molar-refractivity contribution in [2.45, 2.75) is 37.8 Å². The third kappa shape index (κ3) is 2.72. The van der Waals surface area contributed by atoms with Crippen LogP contribution in [0.1, 0.15) is 36.0 Å². The molecule has 0 heterocycles. The van der Waals surface area contributed by atoms with E-state index in [1.54, 1.807) is 6.07 Å². The molecule has 0 atom stereocenters. The summed E-state index contributed by atoms with van der Waals surface area (Å²) in [5, 5.41) is 6.82. The van der Waals surface area contributed by atoms with Crippen molar-refractivity contribution in [3.63, 3.8) is 0 Å². The zero-order chi connectivity index (χ0) is 11.8. The van der Waals surface area contributed by atoms with Gasteiger partial charge in [0.05, 0.1) is 10.6 Å². The summed E-state index contributed by atoms with van der Waals surface area (Å²) >= 11 is 6.13. The van der Waals surface area contributed by atoms with Crippen molar-refractivity contribution < 1.29 is 4.79 Å². The van der Waals surface area contributed by atoms with Gasteiger partial charge < -0.3 is 10.6 Å². The van der Waals surface area contributed by atoms with E-state index >= 15 is 0 Å². The molecule has 3 rings (SSSR count). The molecule has 4 heteroatoms. The molecule has 1 aromatic rings. The number of amides is 1. The molecule has 0 aliphatic heterocycles. The highest BCUT2D eigenvalue weighted by molar-refractivity contribution is 6.34. The Kier molecular flexibility index (Phi) is 2.71. The first-order chi connectivity index (χ1) is 8.22. The van der Waals surface area contributed by atoms with E-state index in [1.165, 1.54) is 12.8 Å². The summed E-state index contributed by atoms with van der Waals surface area (Å²) in [6.07, 6.45) is 4.62. The molecular formula is C13H15ClN2O. The number of rotatable bonds is 4. The summed E-state index contributed by atoms with van der Waals surface area (Å²) in [4.78, 5) is 11.8. The van der Waals surface area contributed by atoms with Crippen molar-refractivity contribution in [1.82, 2.24) is 5.32 Å². The first-order valence-electron chi connectivity index (χ1n) is 6.09. The number of halogens is 1. The Labute approximate surface area is 106 Å².